The number of hydrogen-bond donors (Lipinski definition) is 1. The molecule has 0 aliphatic heterocycles. The van der Waals surface area contributed by atoms with Gasteiger partial charge < -0.3 is 4.74 Å². The predicted octanol–water partition coefficient (Wildman–Crippen LogP) is 2.68. The molecule has 0 spiro atoms. The van der Waals surface area contributed by atoms with Gasteiger partial charge in [0.2, 0.25) is 0 Å². The molecule has 11 heavy (non-hydrogen) atoms. The third kappa shape index (κ3) is 10.1. The van der Waals surface area contributed by atoms with E-state index in [0.29, 0.717) is 0 Å². The Kier molecular flexibility index (Phi) is 10.1. The van der Waals surface area contributed by atoms with Gasteiger partial charge in [0.1, 0.15) is 0 Å². The summed E-state index contributed by atoms with van der Waals surface area (Å²) in [6.07, 6.45) is 6.45. The molecule has 0 bridgehead atoms. The molecule has 1 nitrogen and oxygen atoms in total. The van der Waals surface area contributed by atoms with Gasteiger partial charge in [-0.25, -0.2) is 0 Å². The average molecular weight is 174 g/mol. The highest BCUT2D eigenvalue weighted by molar-refractivity contribution is 7.80. The van der Waals surface area contributed by atoms with Crippen molar-refractivity contribution >= 4 is 12.6 Å². The summed E-state index contributed by atoms with van der Waals surface area (Å²) in [5.74, 6) is 0.993. The molecule has 0 amide bonds. The van der Waals surface area contributed by atoms with Crippen LogP contribution < -0.4 is 0 Å². The summed E-state index contributed by atoms with van der Waals surface area (Å²) < 4.78 is 5.32. The largest absolute Gasteiger partial charge is 0.381 e. The van der Waals surface area contributed by atoms with Crippen molar-refractivity contribution in [1.29, 1.82) is 0 Å². The van der Waals surface area contributed by atoms with Crippen molar-refractivity contribution in [3.8, 4) is 0 Å². The van der Waals surface area contributed by atoms with E-state index < -0.39 is 0 Å². The summed E-state index contributed by atoms with van der Waals surface area (Å²) >= 11 is 4.13. The fourth-order valence-electron chi connectivity index (χ4n) is 0.761. The van der Waals surface area contributed by atoms with Crippen molar-refractivity contribution < 1.29 is 4.74 Å². The topological polar surface area (TPSA) is 9.23 Å². The molecule has 0 aromatic carbocycles. The predicted molar refractivity (Wildman–Crippen MR) is 53.3 cm³/mol. The summed E-state index contributed by atoms with van der Waals surface area (Å²) in [4.78, 5) is 0. The maximum absolute atomic E-state index is 5.32. The van der Waals surface area contributed by atoms with Crippen LogP contribution in [0.15, 0.2) is 12.7 Å². The van der Waals surface area contributed by atoms with Gasteiger partial charge in [0.25, 0.3) is 0 Å². The van der Waals surface area contributed by atoms with Crippen molar-refractivity contribution in [2.45, 2.75) is 25.7 Å². The Morgan fingerprint density at radius 1 is 1.18 bits per heavy atom. The number of ether oxygens (including phenoxy) is 1. The van der Waals surface area contributed by atoms with Crippen LogP contribution in [0.1, 0.15) is 25.7 Å². The Hall–Kier alpha value is 0.0500. The fraction of sp³-hybridized carbons (Fsp3) is 0.778. The van der Waals surface area contributed by atoms with Crippen LogP contribution in [0, 0.1) is 0 Å². The minimum Gasteiger partial charge on any atom is -0.381 e. The van der Waals surface area contributed by atoms with Gasteiger partial charge in [0.05, 0.1) is 0 Å². The minimum atomic E-state index is 0.824. The molecule has 0 fully saturated rings. The molecule has 0 aromatic rings. The first-order valence-electron chi connectivity index (χ1n) is 4.21. The highest BCUT2D eigenvalue weighted by atomic mass is 32.1. The molecule has 0 saturated heterocycles. The van der Waals surface area contributed by atoms with Crippen molar-refractivity contribution in [1.82, 2.24) is 0 Å². The second kappa shape index (κ2) is 10.0. The van der Waals surface area contributed by atoms with Gasteiger partial charge in [-0.2, -0.15) is 12.6 Å². The van der Waals surface area contributed by atoms with Gasteiger partial charge in [0.15, 0.2) is 0 Å². The molecule has 2 heteroatoms. The van der Waals surface area contributed by atoms with E-state index in [-0.39, 0.29) is 0 Å². The lowest BCUT2D eigenvalue weighted by molar-refractivity contribution is 0.135. The summed E-state index contributed by atoms with van der Waals surface area (Å²) in [6.45, 7) is 5.33. The second-order valence-electron chi connectivity index (χ2n) is 2.47. The molecule has 0 atom stereocenters. The molecular weight excluding hydrogens is 156 g/mol. The normalized spacial score (nSPS) is 9.91. The van der Waals surface area contributed by atoms with E-state index in [9.17, 15) is 0 Å². The molecule has 0 aliphatic rings. The van der Waals surface area contributed by atoms with Gasteiger partial charge in [-0.15, -0.1) is 6.58 Å². The van der Waals surface area contributed by atoms with Crippen molar-refractivity contribution in [2.24, 2.45) is 0 Å². The number of unbranched alkanes of at least 4 members (excludes halogenated alkanes) is 2. The summed E-state index contributed by atoms with van der Waals surface area (Å²) in [5, 5.41) is 0. The summed E-state index contributed by atoms with van der Waals surface area (Å²) in [7, 11) is 0. The van der Waals surface area contributed by atoms with E-state index in [1.807, 2.05) is 6.08 Å². The van der Waals surface area contributed by atoms with Crippen molar-refractivity contribution in [3.05, 3.63) is 12.7 Å². The zero-order valence-electron chi connectivity index (χ0n) is 7.09. The van der Waals surface area contributed by atoms with Crippen LogP contribution >= 0.6 is 12.6 Å². The van der Waals surface area contributed by atoms with Crippen molar-refractivity contribution in [2.75, 3.05) is 19.0 Å². The van der Waals surface area contributed by atoms with Gasteiger partial charge in [-0.05, 0) is 25.0 Å². The third-order valence-corrected chi connectivity index (χ3v) is 1.73. The molecule has 0 unspecified atom stereocenters. The van der Waals surface area contributed by atoms with Crippen LogP contribution in [0.4, 0.5) is 0 Å². The lowest BCUT2D eigenvalue weighted by Gasteiger charge is -2.00. The van der Waals surface area contributed by atoms with E-state index in [0.717, 1.165) is 31.8 Å². The zero-order chi connectivity index (χ0) is 8.36. The van der Waals surface area contributed by atoms with E-state index in [1.165, 1.54) is 12.8 Å². The number of thiol groups is 1. The smallest absolute Gasteiger partial charge is 0.0500 e. The quantitative estimate of drug-likeness (QED) is 0.338. The Balaban J connectivity index is 2.74. The minimum absolute atomic E-state index is 0.824. The van der Waals surface area contributed by atoms with Crippen LogP contribution in [0.3, 0.4) is 0 Å². The van der Waals surface area contributed by atoms with E-state index >= 15 is 0 Å². The average Bonchev–Trinajstić information content (AvgIpc) is 2.03. The monoisotopic (exact) mass is 174 g/mol. The molecular formula is C9H18OS. The maximum Gasteiger partial charge on any atom is 0.0500 e. The van der Waals surface area contributed by atoms with Gasteiger partial charge in [-0.1, -0.05) is 12.5 Å². The van der Waals surface area contributed by atoms with Crippen LogP contribution in [0.2, 0.25) is 0 Å². The van der Waals surface area contributed by atoms with Crippen LogP contribution in [0.5, 0.6) is 0 Å². The molecule has 0 N–H and O–H groups in total. The van der Waals surface area contributed by atoms with Gasteiger partial charge in [-0.3, -0.25) is 0 Å². The van der Waals surface area contributed by atoms with Crippen molar-refractivity contribution in [3.63, 3.8) is 0 Å². The first kappa shape index (κ1) is 11.1. The standard InChI is InChI=1S/C9H18OS/c1-2-3-7-10-8-5-4-6-9-11/h2,11H,1,3-9H2. The van der Waals surface area contributed by atoms with Crippen LogP contribution in [0.25, 0.3) is 0 Å². The highest BCUT2D eigenvalue weighted by Gasteiger charge is 1.87. The van der Waals surface area contributed by atoms with Crippen LogP contribution in [-0.2, 0) is 4.74 Å². The number of hydrogen-bond acceptors (Lipinski definition) is 2. The molecule has 0 heterocycles. The van der Waals surface area contributed by atoms with Gasteiger partial charge in [0, 0.05) is 13.2 Å². The van der Waals surface area contributed by atoms with Gasteiger partial charge >= 0.3 is 0 Å². The Labute approximate surface area is 75.2 Å². The second-order valence-corrected chi connectivity index (χ2v) is 2.92. The fourth-order valence-corrected chi connectivity index (χ4v) is 0.985. The van der Waals surface area contributed by atoms with E-state index in [4.69, 9.17) is 4.74 Å². The third-order valence-electron chi connectivity index (χ3n) is 1.41. The summed E-state index contributed by atoms with van der Waals surface area (Å²) in [6, 6.07) is 0. The lowest BCUT2D eigenvalue weighted by Crippen LogP contribution is -1.95. The van der Waals surface area contributed by atoms with Crippen LogP contribution in [-0.4, -0.2) is 19.0 Å². The molecule has 0 aliphatic carbocycles. The Bertz CT molecular complexity index is 83.6. The number of rotatable bonds is 8. The molecule has 0 radical (unpaired) electrons. The lowest BCUT2D eigenvalue weighted by atomic mass is 10.3. The first-order valence-corrected chi connectivity index (χ1v) is 4.84. The summed E-state index contributed by atoms with van der Waals surface area (Å²) in [5.41, 5.74) is 0. The maximum atomic E-state index is 5.32. The Morgan fingerprint density at radius 3 is 2.64 bits per heavy atom. The molecule has 66 valence electrons. The molecule has 0 rings (SSSR count). The SMILES string of the molecule is C=CCCOCCCCCS. The first-order chi connectivity index (χ1) is 5.41. The van der Waals surface area contributed by atoms with E-state index in [1.54, 1.807) is 0 Å². The Morgan fingerprint density at radius 2 is 2.00 bits per heavy atom. The molecule has 0 aromatic heterocycles. The zero-order valence-corrected chi connectivity index (χ0v) is 7.98. The highest BCUT2D eigenvalue weighted by Crippen LogP contribution is 1.97. The van der Waals surface area contributed by atoms with E-state index in [2.05, 4.69) is 19.2 Å². The molecule has 0 saturated carbocycles.